The quantitative estimate of drug-likeness (QED) is 0.733. The Labute approximate surface area is 133 Å². The molecule has 0 atom stereocenters. The van der Waals surface area contributed by atoms with Crippen molar-refractivity contribution >= 4 is 17.0 Å². The lowest BCUT2D eigenvalue weighted by Gasteiger charge is -2.10. The normalized spacial score (nSPS) is 10.6. The molecule has 0 aliphatic rings. The monoisotopic (exact) mass is 314 g/mol. The minimum absolute atomic E-state index is 0.706. The van der Waals surface area contributed by atoms with E-state index >= 15 is 0 Å². The fourth-order valence-corrected chi connectivity index (χ4v) is 3.19. The molecule has 114 valence electrons. The van der Waals surface area contributed by atoms with Crippen LogP contribution in [-0.4, -0.2) is 18.6 Å². The van der Waals surface area contributed by atoms with Crippen LogP contribution < -0.4 is 10.1 Å². The third-order valence-corrected chi connectivity index (χ3v) is 4.46. The number of hydrogen-bond donors (Lipinski definition) is 1. The number of aromatic nitrogens is 1. The summed E-state index contributed by atoms with van der Waals surface area (Å²) in [7, 11) is 1.66. The molecule has 2 heterocycles. The van der Waals surface area contributed by atoms with Gasteiger partial charge in [0, 0.05) is 28.1 Å². The van der Waals surface area contributed by atoms with E-state index in [1.165, 1.54) is 16.1 Å². The van der Waals surface area contributed by atoms with Crippen LogP contribution in [0.2, 0.25) is 0 Å². The third kappa shape index (κ3) is 3.31. The third-order valence-electron chi connectivity index (χ3n) is 3.40. The van der Waals surface area contributed by atoms with E-state index in [2.05, 4.69) is 29.4 Å². The molecule has 0 saturated carbocycles. The number of anilines is 1. The van der Waals surface area contributed by atoms with Crippen LogP contribution in [0.1, 0.15) is 9.75 Å². The van der Waals surface area contributed by atoms with Gasteiger partial charge >= 0.3 is 0 Å². The predicted molar refractivity (Wildman–Crippen MR) is 89.7 cm³/mol. The zero-order valence-corrected chi connectivity index (χ0v) is 13.4. The van der Waals surface area contributed by atoms with Crippen molar-refractivity contribution in [2.45, 2.75) is 13.3 Å². The maximum absolute atomic E-state index is 5.45. The molecule has 0 spiro atoms. The van der Waals surface area contributed by atoms with Crippen molar-refractivity contribution in [3.8, 4) is 17.1 Å². The van der Waals surface area contributed by atoms with Gasteiger partial charge in [0.1, 0.15) is 5.75 Å². The average Bonchev–Trinajstić information content (AvgIpc) is 3.19. The van der Waals surface area contributed by atoms with E-state index in [1.807, 2.05) is 29.5 Å². The number of ether oxygens (including phenoxy) is 1. The van der Waals surface area contributed by atoms with Crippen molar-refractivity contribution in [3.63, 3.8) is 0 Å². The summed E-state index contributed by atoms with van der Waals surface area (Å²) in [5, 5.41) is 3.43. The van der Waals surface area contributed by atoms with Crippen molar-refractivity contribution < 1.29 is 9.15 Å². The van der Waals surface area contributed by atoms with Crippen LogP contribution >= 0.6 is 11.3 Å². The molecule has 0 radical (unpaired) electrons. The minimum Gasteiger partial charge on any atom is -0.496 e. The summed E-state index contributed by atoms with van der Waals surface area (Å²) in [6.45, 7) is 3.03. The van der Waals surface area contributed by atoms with Gasteiger partial charge in [-0.05, 0) is 37.6 Å². The van der Waals surface area contributed by atoms with Gasteiger partial charge in [0.05, 0.1) is 18.9 Å². The number of oxazole rings is 1. The molecule has 22 heavy (non-hydrogen) atoms. The standard InChI is InChI=1S/C17H18N2O2S/c1-12-3-5-14(22-12)7-8-19-13-4-6-15(16(9-13)20-2)17-10-18-11-21-17/h3-6,9-11,19H,7-8H2,1-2H3. The summed E-state index contributed by atoms with van der Waals surface area (Å²) < 4.78 is 10.8. The van der Waals surface area contributed by atoms with Crippen molar-refractivity contribution in [2.24, 2.45) is 0 Å². The zero-order valence-electron chi connectivity index (χ0n) is 12.6. The lowest BCUT2D eigenvalue weighted by Crippen LogP contribution is -2.04. The Morgan fingerprint density at radius 1 is 1.27 bits per heavy atom. The first-order valence-electron chi connectivity index (χ1n) is 7.12. The Morgan fingerprint density at radius 3 is 2.86 bits per heavy atom. The molecule has 5 heteroatoms. The lowest BCUT2D eigenvalue weighted by atomic mass is 10.1. The van der Waals surface area contributed by atoms with Crippen LogP contribution in [0.15, 0.2) is 47.3 Å². The lowest BCUT2D eigenvalue weighted by molar-refractivity contribution is 0.415. The number of nitrogens with zero attached hydrogens (tertiary/aromatic N) is 1. The highest BCUT2D eigenvalue weighted by Crippen LogP contribution is 2.32. The van der Waals surface area contributed by atoms with Gasteiger partial charge in [0.25, 0.3) is 0 Å². The second kappa shape index (κ2) is 6.66. The summed E-state index contributed by atoms with van der Waals surface area (Å²) in [6, 6.07) is 10.3. The number of thiophene rings is 1. The molecule has 0 unspecified atom stereocenters. The smallest absolute Gasteiger partial charge is 0.181 e. The molecule has 1 aromatic carbocycles. The van der Waals surface area contributed by atoms with E-state index in [0.717, 1.165) is 30.0 Å². The molecule has 3 aromatic rings. The summed E-state index contributed by atoms with van der Waals surface area (Å²) in [5.41, 5.74) is 1.94. The van der Waals surface area contributed by atoms with E-state index < -0.39 is 0 Å². The van der Waals surface area contributed by atoms with Gasteiger partial charge in [0.2, 0.25) is 0 Å². The number of aryl methyl sites for hydroxylation is 1. The maximum Gasteiger partial charge on any atom is 0.181 e. The molecule has 0 saturated heterocycles. The topological polar surface area (TPSA) is 47.3 Å². The Balaban J connectivity index is 1.67. The molecule has 2 aromatic heterocycles. The molecular weight excluding hydrogens is 296 g/mol. The second-order valence-corrected chi connectivity index (χ2v) is 6.34. The first-order chi connectivity index (χ1) is 10.8. The van der Waals surface area contributed by atoms with Gasteiger partial charge in [-0.3, -0.25) is 0 Å². The van der Waals surface area contributed by atoms with Crippen LogP contribution in [0.5, 0.6) is 5.75 Å². The van der Waals surface area contributed by atoms with E-state index in [9.17, 15) is 0 Å². The number of rotatable bonds is 6. The van der Waals surface area contributed by atoms with E-state index in [1.54, 1.807) is 13.3 Å². The minimum atomic E-state index is 0.706. The van der Waals surface area contributed by atoms with Crippen LogP contribution in [0.25, 0.3) is 11.3 Å². The summed E-state index contributed by atoms with van der Waals surface area (Å²) in [4.78, 5) is 6.70. The average molecular weight is 314 g/mol. The number of methoxy groups -OCH3 is 1. The van der Waals surface area contributed by atoms with Crippen molar-refractivity contribution in [1.82, 2.24) is 4.98 Å². The molecule has 0 aliphatic heterocycles. The fraction of sp³-hybridized carbons (Fsp3) is 0.235. The summed E-state index contributed by atoms with van der Waals surface area (Å²) in [5.74, 6) is 1.48. The van der Waals surface area contributed by atoms with Gasteiger partial charge < -0.3 is 14.5 Å². The van der Waals surface area contributed by atoms with Crippen LogP contribution in [-0.2, 0) is 6.42 Å². The van der Waals surface area contributed by atoms with Crippen LogP contribution in [0.3, 0.4) is 0 Å². The first-order valence-corrected chi connectivity index (χ1v) is 7.94. The van der Waals surface area contributed by atoms with Gasteiger partial charge in [0.15, 0.2) is 12.2 Å². The summed E-state index contributed by atoms with van der Waals surface area (Å²) in [6.07, 6.45) is 4.12. The number of hydrogen-bond acceptors (Lipinski definition) is 5. The highest BCUT2D eigenvalue weighted by atomic mass is 32.1. The molecule has 0 aliphatic carbocycles. The first kappa shape index (κ1) is 14.7. The largest absolute Gasteiger partial charge is 0.496 e. The Bertz CT molecular complexity index is 735. The van der Waals surface area contributed by atoms with Crippen LogP contribution in [0, 0.1) is 6.92 Å². The maximum atomic E-state index is 5.45. The van der Waals surface area contributed by atoms with Crippen molar-refractivity contribution in [2.75, 3.05) is 19.0 Å². The zero-order chi connectivity index (χ0) is 15.4. The molecule has 4 nitrogen and oxygen atoms in total. The van der Waals surface area contributed by atoms with Gasteiger partial charge in [-0.2, -0.15) is 0 Å². The van der Waals surface area contributed by atoms with E-state index in [0.29, 0.717) is 5.76 Å². The number of nitrogens with one attached hydrogen (secondary N) is 1. The highest BCUT2D eigenvalue weighted by molar-refractivity contribution is 7.11. The van der Waals surface area contributed by atoms with Gasteiger partial charge in [-0.25, -0.2) is 4.98 Å². The Hall–Kier alpha value is -2.27. The van der Waals surface area contributed by atoms with E-state index in [4.69, 9.17) is 9.15 Å². The molecule has 3 rings (SSSR count). The van der Waals surface area contributed by atoms with Gasteiger partial charge in [-0.15, -0.1) is 11.3 Å². The highest BCUT2D eigenvalue weighted by Gasteiger charge is 2.09. The molecule has 0 amide bonds. The Morgan fingerprint density at radius 2 is 2.18 bits per heavy atom. The molecule has 1 N–H and O–H groups in total. The number of benzene rings is 1. The fourth-order valence-electron chi connectivity index (χ4n) is 2.30. The molecule has 0 bridgehead atoms. The Kier molecular flexibility index (Phi) is 4.44. The predicted octanol–water partition coefficient (Wildman–Crippen LogP) is 4.37. The second-order valence-electron chi connectivity index (χ2n) is 4.97. The molecule has 0 fully saturated rings. The molecular formula is C17H18N2O2S. The summed E-state index contributed by atoms with van der Waals surface area (Å²) >= 11 is 1.85. The SMILES string of the molecule is COc1cc(NCCc2ccc(C)s2)ccc1-c1cnco1. The van der Waals surface area contributed by atoms with Crippen molar-refractivity contribution in [3.05, 3.63) is 52.7 Å². The van der Waals surface area contributed by atoms with Gasteiger partial charge in [-0.1, -0.05) is 0 Å². The van der Waals surface area contributed by atoms with Crippen LogP contribution in [0.4, 0.5) is 5.69 Å². The van der Waals surface area contributed by atoms with E-state index in [-0.39, 0.29) is 0 Å². The van der Waals surface area contributed by atoms with Crippen molar-refractivity contribution in [1.29, 1.82) is 0 Å².